The number of ketones is 1. The fourth-order valence-corrected chi connectivity index (χ4v) is 7.31. The van der Waals surface area contributed by atoms with Gasteiger partial charge in [0.05, 0.1) is 37.1 Å². The van der Waals surface area contributed by atoms with E-state index in [-0.39, 0.29) is 29.8 Å². The molecule has 2 aromatic carbocycles. The SMILES string of the molecule is CCCCCCC(C)(O)C1Cc2c(c(CO)c3c(c2OC)C(=C2CCC(=O)C(c4ccc5[nH]ccc5c4)C2)C=C(C(=O)OCC)O3)O1. The molecule has 3 aromatic rings. The first-order valence-corrected chi connectivity index (χ1v) is 16.8. The highest BCUT2D eigenvalue weighted by Crippen LogP contribution is 2.55. The number of esters is 1. The van der Waals surface area contributed by atoms with Crippen molar-refractivity contribution in [1.82, 2.24) is 4.98 Å². The molecule has 1 saturated carbocycles. The summed E-state index contributed by atoms with van der Waals surface area (Å²) in [6.07, 6.45) is 9.39. The average Bonchev–Trinajstić information content (AvgIpc) is 3.73. The number of aliphatic hydroxyl groups excluding tert-OH is 1. The summed E-state index contributed by atoms with van der Waals surface area (Å²) in [6, 6.07) is 8.05. The van der Waals surface area contributed by atoms with Gasteiger partial charge in [-0.15, -0.1) is 0 Å². The maximum Gasteiger partial charge on any atom is 0.374 e. The van der Waals surface area contributed by atoms with Crippen LogP contribution in [0.15, 0.2) is 47.9 Å². The number of methoxy groups -OCH3 is 1. The van der Waals surface area contributed by atoms with Gasteiger partial charge in [0.1, 0.15) is 29.1 Å². The zero-order valence-corrected chi connectivity index (χ0v) is 27.7. The fourth-order valence-electron chi connectivity index (χ4n) is 7.31. The molecule has 0 amide bonds. The molecule has 0 radical (unpaired) electrons. The largest absolute Gasteiger partial charge is 0.496 e. The topological polar surface area (TPSA) is 127 Å². The van der Waals surface area contributed by atoms with Gasteiger partial charge in [-0.3, -0.25) is 4.79 Å². The number of hydrogen-bond donors (Lipinski definition) is 3. The van der Waals surface area contributed by atoms with Crippen LogP contribution in [0.5, 0.6) is 17.2 Å². The standard InChI is InChI=1S/C38H45NO8/c1-5-7-8-9-15-38(3,43)32-20-27-34(47-32)28(21-40)36-33(35(27)44-4)26(19-31(46-36)37(42)45-6-2)23-11-13-30(41)25(18-23)22-10-12-29-24(17-22)14-16-39-29/h10,12,14,16-17,19,25,32,39-40,43H,5-9,11,13,15,18,20-21H2,1-4H3. The first-order chi connectivity index (χ1) is 22.7. The smallest absolute Gasteiger partial charge is 0.374 e. The van der Waals surface area contributed by atoms with Gasteiger partial charge in [0.15, 0.2) is 0 Å². The molecular weight excluding hydrogens is 598 g/mol. The van der Waals surface area contributed by atoms with Crippen LogP contribution in [0, 0.1) is 0 Å². The minimum atomic E-state index is -1.11. The number of nitrogens with one attached hydrogen (secondary N) is 1. The molecule has 2 aliphatic heterocycles. The first kappa shape index (κ1) is 32.8. The van der Waals surface area contributed by atoms with Crippen LogP contribution in [0.2, 0.25) is 0 Å². The van der Waals surface area contributed by atoms with E-state index in [4.69, 9.17) is 18.9 Å². The summed E-state index contributed by atoms with van der Waals surface area (Å²) >= 11 is 0. The third kappa shape index (κ3) is 6.19. The molecule has 6 rings (SSSR count). The summed E-state index contributed by atoms with van der Waals surface area (Å²) in [7, 11) is 1.58. The van der Waals surface area contributed by atoms with Gasteiger partial charge in [0.2, 0.25) is 5.76 Å². The molecule has 3 unspecified atom stereocenters. The van der Waals surface area contributed by atoms with Crippen molar-refractivity contribution < 1.29 is 38.7 Å². The molecule has 3 aliphatic rings. The van der Waals surface area contributed by atoms with Gasteiger partial charge in [-0.25, -0.2) is 4.79 Å². The predicted molar refractivity (Wildman–Crippen MR) is 179 cm³/mol. The molecule has 3 atom stereocenters. The van der Waals surface area contributed by atoms with Crippen molar-refractivity contribution >= 4 is 28.2 Å². The van der Waals surface area contributed by atoms with Crippen LogP contribution in [0.25, 0.3) is 16.5 Å². The second kappa shape index (κ2) is 13.6. The van der Waals surface area contributed by atoms with Crippen LogP contribution >= 0.6 is 0 Å². The lowest BCUT2D eigenvalue weighted by Crippen LogP contribution is -2.42. The predicted octanol–water partition coefficient (Wildman–Crippen LogP) is 6.82. The Kier molecular flexibility index (Phi) is 9.48. The van der Waals surface area contributed by atoms with Crippen LogP contribution in [-0.2, 0) is 27.4 Å². The molecular formula is C38H45NO8. The number of Topliss-reactive ketones (excluding diaryl/α,β-unsaturated/α-hetero) is 1. The number of hydrogen-bond acceptors (Lipinski definition) is 8. The minimum Gasteiger partial charge on any atom is -0.496 e. The van der Waals surface area contributed by atoms with Gasteiger partial charge >= 0.3 is 5.97 Å². The van der Waals surface area contributed by atoms with Crippen molar-refractivity contribution in [2.75, 3.05) is 13.7 Å². The maximum atomic E-state index is 13.4. The molecule has 3 heterocycles. The number of aliphatic hydroxyl groups is 2. The lowest BCUT2D eigenvalue weighted by molar-refractivity contribution is -0.141. The zero-order valence-electron chi connectivity index (χ0n) is 27.7. The Morgan fingerprint density at radius 1 is 1.11 bits per heavy atom. The first-order valence-electron chi connectivity index (χ1n) is 16.8. The van der Waals surface area contributed by atoms with Gasteiger partial charge in [-0.05, 0) is 73.9 Å². The van der Waals surface area contributed by atoms with Crippen LogP contribution < -0.4 is 14.2 Å². The lowest BCUT2D eigenvalue weighted by atomic mass is 9.76. The molecule has 0 bridgehead atoms. The molecule has 0 spiro atoms. The summed E-state index contributed by atoms with van der Waals surface area (Å²) < 4.78 is 24.1. The Morgan fingerprint density at radius 3 is 2.68 bits per heavy atom. The minimum absolute atomic E-state index is 0.0155. The number of ether oxygens (including phenoxy) is 4. The van der Waals surface area contributed by atoms with E-state index in [1.165, 1.54) is 0 Å². The quantitative estimate of drug-likeness (QED) is 0.153. The van der Waals surface area contributed by atoms with Crippen LogP contribution in [0.3, 0.4) is 0 Å². The number of unbranched alkanes of at least 4 members (excludes halogenated alkanes) is 3. The summed E-state index contributed by atoms with van der Waals surface area (Å²) in [6.45, 7) is 5.42. The summed E-state index contributed by atoms with van der Waals surface area (Å²) in [4.78, 5) is 29.7. The number of aromatic nitrogens is 1. The van der Waals surface area contributed by atoms with Gasteiger partial charge in [-0.1, -0.05) is 44.2 Å². The van der Waals surface area contributed by atoms with E-state index in [0.29, 0.717) is 54.7 Å². The maximum absolute atomic E-state index is 13.4. The van der Waals surface area contributed by atoms with E-state index in [1.807, 2.05) is 24.4 Å². The number of rotatable bonds is 11. The van der Waals surface area contributed by atoms with E-state index in [2.05, 4.69) is 18.0 Å². The highest BCUT2D eigenvalue weighted by molar-refractivity contribution is 5.98. The van der Waals surface area contributed by atoms with Crippen LogP contribution in [0.1, 0.15) is 100 Å². The molecule has 1 aliphatic carbocycles. The molecule has 9 nitrogen and oxygen atoms in total. The number of fused-ring (bicyclic) bond motifs is 3. The number of benzene rings is 2. The van der Waals surface area contributed by atoms with Crippen LogP contribution in [-0.4, -0.2) is 52.4 Å². The van der Waals surface area contributed by atoms with Gasteiger partial charge in [0, 0.05) is 36.0 Å². The molecule has 0 saturated heterocycles. The summed E-state index contributed by atoms with van der Waals surface area (Å²) in [5, 5.41) is 23.4. The van der Waals surface area contributed by atoms with Crippen molar-refractivity contribution in [2.24, 2.45) is 0 Å². The summed E-state index contributed by atoms with van der Waals surface area (Å²) in [5.41, 5.74) is 4.27. The van der Waals surface area contributed by atoms with Crippen molar-refractivity contribution in [1.29, 1.82) is 0 Å². The molecule has 250 valence electrons. The normalized spacial score (nSPS) is 21.7. The van der Waals surface area contributed by atoms with E-state index < -0.39 is 24.3 Å². The highest BCUT2D eigenvalue weighted by atomic mass is 16.6. The Bertz CT molecular complexity index is 1750. The Labute approximate surface area is 275 Å². The number of carbonyl (C=O) groups excluding carboxylic acids is 2. The monoisotopic (exact) mass is 643 g/mol. The van der Waals surface area contributed by atoms with Crippen molar-refractivity contribution in [3.63, 3.8) is 0 Å². The van der Waals surface area contributed by atoms with Gasteiger partial charge in [0.25, 0.3) is 0 Å². The number of carbonyl (C=O) groups is 2. The third-order valence-corrected chi connectivity index (χ3v) is 9.90. The average molecular weight is 644 g/mol. The van der Waals surface area contributed by atoms with E-state index in [1.54, 1.807) is 27.0 Å². The van der Waals surface area contributed by atoms with E-state index in [0.717, 1.165) is 58.9 Å². The highest BCUT2D eigenvalue weighted by Gasteiger charge is 2.44. The van der Waals surface area contributed by atoms with Crippen LogP contribution in [0.4, 0.5) is 0 Å². The Hall–Kier alpha value is -4.08. The second-order valence-corrected chi connectivity index (χ2v) is 13.1. The Balaban J connectivity index is 1.46. The van der Waals surface area contributed by atoms with E-state index in [9.17, 15) is 19.8 Å². The molecule has 1 aromatic heterocycles. The molecule has 1 fully saturated rings. The van der Waals surface area contributed by atoms with Crippen molar-refractivity contribution in [2.45, 2.75) is 103 Å². The third-order valence-electron chi connectivity index (χ3n) is 9.90. The Morgan fingerprint density at radius 2 is 1.94 bits per heavy atom. The fraction of sp³-hybridized carbons (Fsp3) is 0.474. The van der Waals surface area contributed by atoms with Gasteiger partial charge < -0.3 is 34.1 Å². The summed E-state index contributed by atoms with van der Waals surface area (Å²) in [5.74, 6) is 0.354. The molecule has 47 heavy (non-hydrogen) atoms. The van der Waals surface area contributed by atoms with E-state index >= 15 is 0 Å². The number of allylic oxidation sites excluding steroid dienone is 3. The van der Waals surface area contributed by atoms with Gasteiger partial charge in [-0.2, -0.15) is 0 Å². The molecule has 3 N–H and O–H groups in total. The second-order valence-electron chi connectivity index (χ2n) is 13.1. The molecule has 9 heteroatoms. The van der Waals surface area contributed by atoms with Crippen molar-refractivity contribution in [3.8, 4) is 17.2 Å². The lowest BCUT2D eigenvalue weighted by Gasteiger charge is -2.30. The number of H-pyrrole nitrogens is 1. The number of aromatic amines is 1. The van der Waals surface area contributed by atoms with Crippen molar-refractivity contribution in [3.05, 3.63) is 70.1 Å². The zero-order chi connectivity index (χ0) is 33.3.